The summed E-state index contributed by atoms with van der Waals surface area (Å²) in [6.45, 7) is 0. The second-order valence-corrected chi connectivity index (χ2v) is 5.64. The zero-order valence-corrected chi connectivity index (χ0v) is 10.6. The van der Waals surface area contributed by atoms with E-state index in [0.29, 0.717) is 11.8 Å². The number of thioether (sulfide) groups is 1. The highest BCUT2D eigenvalue weighted by atomic mass is 32.2. The van der Waals surface area contributed by atoms with Gasteiger partial charge in [0.2, 0.25) is 5.91 Å². The van der Waals surface area contributed by atoms with Crippen molar-refractivity contribution in [3.8, 4) is 0 Å². The maximum absolute atomic E-state index is 12.1. The Labute approximate surface area is 106 Å². The summed E-state index contributed by atoms with van der Waals surface area (Å²) < 4.78 is 0. The average Bonchev–Trinajstić information content (AvgIpc) is 2.39. The molecule has 1 aromatic heterocycles. The van der Waals surface area contributed by atoms with Gasteiger partial charge in [-0.2, -0.15) is 0 Å². The van der Waals surface area contributed by atoms with Crippen LogP contribution in [0.2, 0.25) is 0 Å². The topological polar surface area (TPSA) is 33.2 Å². The van der Waals surface area contributed by atoms with Crippen molar-refractivity contribution in [2.24, 2.45) is 0 Å². The van der Waals surface area contributed by atoms with E-state index in [-0.39, 0.29) is 5.91 Å². The normalized spacial score (nSPS) is 21.4. The smallest absolute Gasteiger partial charge is 0.237 e. The van der Waals surface area contributed by atoms with Crippen molar-refractivity contribution < 1.29 is 4.79 Å². The molecule has 2 heterocycles. The van der Waals surface area contributed by atoms with E-state index in [2.05, 4.69) is 4.98 Å². The molecule has 3 nitrogen and oxygen atoms in total. The Bertz CT molecular complexity index is 429. The summed E-state index contributed by atoms with van der Waals surface area (Å²) in [6.07, 6.45) is 7.90. The van der Waals surface area contributed by atoms with Gasteiger partial charge in [0, 0.05) is 12.2 Å². The molecule has 0 saturated heterocycles. The van der Waals surface area contributed by atoms with Crippen LogP contribution >= 0.6 is 11.8 Å². The first kappa shape index (κ1) is 11.1. The average molecular weight is 248 g/mol. The highest BCUT2D eigenvalue weighted by Gasteiger charge is 2.31. The molecule has 1 saturated carbocycles. The first-order chi connectivity index (χ1) is 8.36. The van der Waals surface area contributed by atoms with Crippen molar-refractivity contribution in [1.29, 1.82) is 0 Å². The van der Waals surface area contributed by atoms with Crippen molar-refractivity contribution in [2.45, 2.75) is 43.2 Å². The van der Waals surface area contributed by atoms with Gasteiger partial charge in [-0.3, -0.25) is 4.79 Å². The highest BCUT2D eigenvalue weighted by molar-refractivity contribution is 8.00. The fraction of sp³-hybridized carbons (Fsp3) is 0.538. The van der Waals surface area contributed by atoms with Crippen molar-refractivity contribution in [1.82, 2.24) is 4.98 Å². The molecule has 17 heavy (non-hydrogen) atoms. The molecule has 1 aliphatic heterocycles. The van der Waals surface area contributed by atoms with Crippen molar-refractivity contribution in [3.05, 3.63) is 18.3 Å². The Morgan fingerprint density at radius 2 is 2.12 bits per heavy atom. The first-order valence-corrected chi connectivity index (χ1v) is 7.25. The van der Waals surface area contributed by atoms with E-state index >= 15 is 0 Å². The van der Waals surface area contributed by atoms with E-state index in [9.17, 15) is 4.79 Å². The lowest BCUT2D eigenvalue weighted by Gasteiger charge is -2.37. The number of carbonyl (C=O) groups excluding carboxylic acids is 1. The number of rotatable bonds is 1. The van der Waals surface area contributed by atoms with Crippen LogP contribution in [0.5, 0.6) is 0 Å². The van der Waals surface area contributed by atoms with Gasteiger partial charge in [-0.25, -0.2) is 4.98 Å². The SMILES string of the molecule is O=C1CSc2ncccc2N1C1CCCCC1. The molecule has 3 rings (SSSR count). The molecule has 0 bridgehead atoms. The first-order valence-electron chi connectivity index (χ1n) is 6.26. The van der Waals surface area contributed by atoms with Crippen LogP contribution in [0, 0.1) is 0 Å². The number of hydrogen-bond donors (Lipinski definition) is 0. The molecule has 0 spiro atoms. The molecule has 4 heteroatoms. The van der Waals surface area contributed by atoms with Crippen LogP contribution in [-0.4, -0.2) is 22.7 Å². The van der Waals surface area contributed by atoms with Crippen LogP contribution in [0.3, 0.4) is 0 Å². The summed E-state index contributed by atoms with van der Waals surface area (Å²) >= 11 is 1.56. The standard InChI is InChI=1S/C13H16N2OS/c16-12-9-17-13-11(7-4-8-14-13)15(12)10-5-2-1-3-6-10/h4,7-8,10H,1-3,5-6,9H2. The van der Waals surface area contributed by atoms with Crippen LogP contribution in [0.25, 0.3) is 0 Å². The Balaban J connectivity index is 1.94. The molecule has 0 aromatic carbocycles. The maximum atomic E-state index is 12.1. The van der Waals surface area contributed by atoms with Gasteiger partial charge in [-0.15, -0.1) is 0 Å². The van der Waals surface area contributed by atoms with E-state index in [1.54, 1.807) is 18.0 Å². The maximum Gasteiger partial charge on any atom is 0.237 e. The molecule has 0 radical (unpaired) electrons. The van der Waals surface area contributed by atoms with Gasteiger partial charge in [-0.05, 0) is 25.0 Å². The third-order valence-electron chi connectivity index (χ3n) is 3.55. The van der Waals surface area contributed by atoms with Crippen molar-refractivity contribution >= 4 is 23.4 Å². The molecule has 1 fully saturated rings. The number of nitrogens with zero attached hydrogens (tertiary/aromatic N) is 2. The lowest BCUT2D eigenvalue weighted by atomic mass is 9.94. The minimum absolute atomic E-state index is 0.252. The van der Waals surface area contributed by atoms with E-state index in [0.717, 1.165) is 23.6 Å². The zero-order valence-electron chi connectivity index (χ0n) is 9.76. The third-order valence-corrected chi connectivity index (χ3v) is 4.53. The summed E-state index contributed by atoms with van der Waals surface area (Å²) in [7, 11) is 0. The van der Waals surface area contributed by atoms with E-state index in [1.807, 2.05) is 17.0 Å². The largest absolute Gasteiger partial charge is 0.306 e. The molecule has 0 N–H and O–H groups in total. The van der Waals surface area contributed by atoms with E-state index in [1.165, 1.54) is 19.3 Å². The highest BCUT2D eigenvalue weighted by Crippen LogP contribution is 2.37. The Morgan fingerprint density at radius 3 is 2.94 bits per heavy atom. The third kappa shape index (κ3) is 2.06. The zero-order chi connectivity index (χ0) is 11.7. The number of hydrogen-bond acceptors (Lipinski definition) is 3. The van der Waals surface area contributed by atoms with Gasteiger partial charge >= 0.3 is 0 Å². The molecule has 0 unspecified atom stereocenters. The quantitative estimate of drug-likeness (QED) is 0.766. The summed E-state index contributed by atoms with van der Waals surface area (Å²) in [4.78, 5) is 18.5. The summed E-state index contributed by atoms with van der Waals surface area (Å²) in [5.41, 5.74) is 1.03. The van der Waals surface area contributed by atoms with Gasteiger partial charge in [0.15, 0.2) is 0 Å². The van der Waals surface area contributed by atoms with Gasteiger partial charge in [0.25, 0.3) is 0 Å². The molecule has 1 aliphatic carbocycles. The van der Waals surface area contributed by atoms with Gasteiger partial charge in [0.05, 0.1) is 11.4 Å². The fourth-order valence-corrected chi connectivity index (χ4v) is 3.60. The number of anilines is 1. The molecule has 2 aliphatic rings. The van der Waals surface area contributed by atoms with Crippen LogP contribution in [0.1, 0.15) is 32.1 Å². The van der Waals surface area contributed by atoms with Gasteiger partial charge in [0.1, 0.15) is 5.03 Å². The predicted octanol–water partition coefficient (Wildman–Crippen LogP) is 2.85. The minimum Gasteiger partial charge on any atom is -0.306 e. The fourth-order valence-electron chi connectivity index (χ4n) is 2.75. The minimum atomic E-state index is 0.252. The lowest BCUT2D eigenvalue weighted by Crippen LogP contribution is -2.44. The summed E-state index contributed by atoms with van der Waals surface area (Å²) in [5.74, 6) is 0.794. The van der Waals surface area contributed by atoms with Crippen LogP contribution in [0.4, 0.5) is 5.69 Å². The second kappa shape index (κ2) is 4.69. The van der Waals surface area contributed by atoms with Crippen molar-refractivity contribution in [2.75, 3.05) is 10.7 Å². The Hall–Kier alpha value is -1.03. The van der Waals surface area contributed by atoms with E-state index in [4.69, 9.17) is 0 Å². The number of aromatic nitrogens is 1. The van der Waals surface area contributed by atoms with Crippen LogP contribution < -0.4 is 4.90 Å². The van der Waals surface area contributed by atoms with Crippen molar-refractivity contribution in [3.63, 3.8) is 0 Å². The Morgan fingerprint density at radius 1 is 1.29 bits per heavy atom. The second-order valence-electron chi connectivity index (χ2n) is 4.67. The van der Waals surface area contributed by atoms with Gasteiger partial charge in [-0.1, -0.05) is 31.0 Å². The number of carbonyl (C=O) groups is 1. The predicted molar refractivity (Wildman–Crippen MR) is 69.3 cm³/mol. The summed E-state index contributed by atoms with van der Waals surface area (Å²) in [6, 6.07) is 4.36. The van der Waals surface area contributed by atoms with Gasteiger partial charge < -0.3 is 4.90 Å². The lowest BCUT2D eigenvalue weighted by molar-refractivity contribution is -0.116. The number of fused-ring (bicyclic) bond motifs is 1. The van der Waals surface area contributed by atoms with Crippen LogP contribution in [0.15, 0.2) is 23.4 Å². The summed E-state index contributed by atoms with van der Waals surface area (Å²) in [5, 5.41) is 1.01. The molecular formula is C13H16N2OS. The number of pyridine rings is 1. The molecule has 1 aromatic rings. The molecule has 90 valence electrons. The Kier molecular flexibility index (Phi) is 3.05. The number of amides is 1. The monoisotopic (exact) mass is 248 g/mol. The molecular weight excluding hydrogens is 232 g/mol. The molecule has 1 amide bonds. The van der Waals surface area contributed by atoms with E-state index < -0.39 is 0 Å². The van der Waals surface area contributed by atoms with Crippen LogP contribution in [-0.2, 0) is 4.79 Å². The molecule has 0 atom stereocenters.